The third-order valence-electron chi connectivity index (χ3n) is 9.43. The van der Waals surface area contributed by atoms with Gasteiger partial charge in [0.15, 0.2) is 0 Å². The zero-order chi connectivity index (χ0) is 27.7. The Hall–Kier alpha value is -2.70. The van der Waals surface area contributed by atoms with E-state index >= 15 is 0 Å². The lowest BCUT2D eigenvalue weighted by Gasteiger charge is -2.52. The number of piperidine rings is 2. The van der Waals surface area contributed by atoms with E-state index in [4.69, 9.17) is 4.74 Å². The fraction of sp³-hybridized carbons (Fsp3) is 0.545. The molecule has 4 aliphatic rings. The fourth-order valence-corrected chi connectivity index (χ4v) is 7.08. The monoisotopic (exact) mass is 566 g/mol. The smallest absolute Gasteiger partial charge is 0.410 e. The number of ether oxygens (including phenoxy) is 1. The van der Waals surface area contributed by atoms with Crippen LogP contribution in [0.25, 0.3) is 0 Å². The van der Waals surface area contributed by atoms with Crippen LogP contribution in [0.2, 0.25) is 0 Å². The Labute approximate surface area is 244 Å². The summed E-state index contributed by atoms with van der Waals surface area (Å²) in [6.45, 7) is 8.81. The largest absolute Gasteiger partial charge is 0.444 e. The third kappa shape index (κ3) is 5.84. The number of halogens is 1. The zero-order valence-electron chi connectivity index (χ0n) is 24.0. The number of likely N-dealkylation sites (tertiary alicyclic amines) is 1. The summed E-state index contributed by atoms with van der Waals surface area (Å²) in [6, 6.07) is 20.8. The molecule has 2 unspecified atom stereocenters. The van der Waals surface area contributed by atoms with Crippen molar-refractivity contribution in [3.63, 3.8) is 0 Å². The van der Waals surface area contributed by atoms with E-state index in [1.807, 2.05) is 45.0 Å². The number of nitrogens with zero attached hydrogens (tertiary/aromatic N) is 1. The van der Waals surface area contributed by atoms with Gasteiger partial charge in [-0.05, 0) is 70.7 Å². The Bertz CT molecular complexity index is 1180. The number of carbonyl (C=O) groups is 3. The Balaban J connectivity index is 0.000000191. The second-order valence-corrected chi connectivity index (χ2v) is 12.7. The molecule has 7 heteroatoms. The number of benzene rings is 2. The summed E-state index contributed by atoms with van der Waals surface area (Å²) in [5, 5.41) is 3.35. The van der Waals surface area contributed by atoms with E-state index in [-0.39, 0.29) is 29.3 Å². The molecule has 2 aliphatic heterocycles. The number of hydrogen-bond acceptors (Lipinski definition) is 5. The number of amides is 1. The van der Waals surface area contributed by atoms with Gasteiger partial charge in [0.05, 0.1) is 0 Å². The van der Waals surface area contributed by atoms with Crippen molar-refractivity contribution in [3.8, 4) is 0 Å². The molecule has 40 heavy (non-hydrogen) atoms. The number of nitrogens with one attached hydrogen (secondary N) is 1. The zero-order valence-corrected chi connectivity index (χ0v) is 24.8. The van der Waals surface area contributed by atoms with E-state index in [0.29, 0.717) is 42.9 Å². The first-order valence-electron chi connectivity index (χ1n) is 14.5. The fourth-order valence-electron chi connectivity index (χ4n) is 7.08. The minimum absolute atomic E-state index is 0. The minimum Gasteiger partial charge on any atom is -0.444 e. The minimum atomic E-state index is -0.481. The highest BCUT2D eigenvalue weighted by molar-refractivity contribution is 5.94. The van der Waals surface area contributed by atoms with Crippen LogP contribution in [0.4, 0.5) is 4.79 Å². The van der Waals surface area contributed by atoms with Crippen LogP contribution in [0.3, 0.4) is 0 Å². The van der Waals surface area contributed by atoms with E-state index in [1.54, 1.807) is 4.90 Å². The van der Waals surface area contributed by atoms with Crippen molar-refractivity contribution in [3.05, 3.63) is 71.8 Å². The van der Waals surface area contributed by atoms with Crippen molar-refractivity contribution >= 4 is 30.1 Å². The standard InChI is InChI=1S/C19H25NO3.C14H17NO.ClH/c1-18(2,3)23-17(22)20-11-9-19(10-12-20)15(13-16(19)21)14-7-5-4-6-8-14;16-13-10-12(11-4-2-1-3-5-11)14(13)6-8-15-9-7-14;/h4-8,15H,9-13H2,1-3H3;1-5,12,15H,6-10H2;1H. The number of ketones is 2. The quantitative estimate of drug-likeness (QED) is 0.462. The molecule has 6 rings (SSSR count). The van der Waals surface area contributed by atoms with Gasteiger partial charge in [0.25, 0.3) is 0 Å². The summed E-state index contributed by atoms with van der Waals surface area (Å²) >= 11 is 0. The lowest BCUT2D eigenvalue weighted by atomic mass is 9.53. The number of hydrogen-bond donors (Lipinski definition) is 1. The molecule has 0 aromatic heterocycles. The molecule has 2 heterocycles. The van der Waals surface area contributed by atoms with Gasteiger partial charge in [0, 0.05) is 48.6 Å². The highest BCUT2D eigenvalue weighted by atomic mass is 35.5. The predicted octanol–water partition coefficient (Wildman–Crippen LogP) is 6.29. The number of Topliss-reactive ketones (excluding diaryl/α,β-unsaturated/α-hetero) is 2. The molecular formula is C33H43ClN2O4. The van der Waals surface area contributed by atoms with Crippen LogP contribution in [0.15, 0.2) is 60.7 Å². The molecular weight excluding hydrogens is 524 g/mol. The highest BCUT2D eigenvalue weighted by Crippen LogP contribution is 2.56. The molecule has 216 valence electrons. The van der Waals surface area contributed by atoms with Crippen molar-refractivity contribution < 1.29 is 19.1 Å². The van der Waals surface area contributed by atoms with Crippen LogP contribution in [0.5, 0.6) is 0 Å². The Morgan fingerprint density at radius 1 is 0.775 bits per heavy atom. The third-order valence-corrected chi connectivity index (χ3v) is 9.43. The number of carbonyl (C=O) groups excluding carboxylic acids is 3. The van der Waals surface area contributed by atoms with Crippen molar-refractivity contribution in [2.24, 2.45) is 10.8 Å². The second kappa shape index (κ2) is 12.0. The molecule has 2 atom stereocenters. The summed E-state index contributed by atoms with van der Waals surface area (Å²) < 4.78 is 5.44. The van der Waals surface area contributed by atoms with Gasteiger partial charge in [-0.25, -0.2) is 4.79 Å². The lowest BCUT2D eigenvalue weighted by Crippen LogP contribution is -2.55. The molecule has 2 aromatic carbocycles. The Kier molecular flexibility index (Phi) is 9.11. The average molecular weight is 567 g/mol. The van der Waals surface area contributed by atoms with Crippen molar-refractivity contribution in [1.82, 2.24) is 10.2 Å². The van der Waals surface area contributed by atoms with Crippen LogP contribution in [-0.2, 0) is 14.3 Å². The van der Waals surface area contributed by atoms with Crippen LogP contribution in [-0.4, -0.2) is 54.3 Å². The van der Waals surface area contributed by atoms with Gasteiger partial charge in [-0.1, -0.05) is 60.7 Å². The van der Waals surface area contributed by atoms with Crippen molar-refractivity contribution in [2.75, 3.05) is 26.2 Å². The Morgan fingerprint density at radius 3 is 1.60 bits per heavy atom. The average Bonchev–Trinajstić information content (AvgIpc) is 2.95. The van der Waals surface area contributed by atoms with Crippen LogP contribution in [0.1, 0.15) is 82.3 Å². The molecule has 1 amide bonds. The molecule has 0 radical (unpaired) electrons. The first-order chi connectivity index (χ1) is 18.6. The molecule has 6 nitrogen and oxygen atoms in total. The van der Waals surface area contributed by atoms with Gasteiger partial charge in [0.2, 0.25) is 0 Å². The molecule has 2 aliphatic carbocycles. The van der Waals surface area contributed by atoms with E-state index < -0.39 is 5.60 Å². The molecule has 2 saturated heterocycles. The maximum Gasteiger partial charge on any atom is 0.410 e. The summed E-state index contributed by atoms with van der Waals surface area (Å²) in [5.74, 6) is 1.62. The molecule has 2 aromatic rings. The van der Waals surface area contributed by atoms with Crippen LogP contribution < -0.4 is 5.32 Å². The number of rotatable bonds is 2. The summed E-state index contributed by atoms with van der Waals surface area (Å²) in [4.78, 5) is 38.2. The van der Waals surface area contributed by atoms with Gasteiger partial charge in [-0.15, -0.1) is 12.4 Å². The molecule has 4 fully saturated rings. The van der Waals surface area contributed by atoms with Crippen LogP contribution >= 0.6 is 12.4 Å². The molecule has 1 N–H and O–H groups in total. The SMILES string of the molecule is CC(C)(C)OC(=O)N1CCC2(CC1)C(=O)CC2c1ccccc1.Cl.O=C1CC(c2ccccc2)C12CCNCC2. The van der Waals surface area contributed by atoms with Gasteiger partial charge in [-0.3, -0.25) is 9.59 Å². The summed E-state index contributed by atoms with van der Waals surface area (Å²) in [7, 11) is 0. The summed E-state index contributed by atoms with van der Waals surface area (Å²) in [5.41, 5.74) is 1.83. The van der Waals surface area contributed by atoms with E-state index in [9.17, 15) is 14.4 Å². The first kappa shape index (κ1) is 30.3. The van der Waals surface area contributed by atoms with Gasteiger partial charge in [0.1, 0.15) is 17.2 Å². The van der Waals surface area contributed by atoms with Gasteiger partial charge < -0.3 is 15.0 Å². The van der Waals surface area contributed by atoms with Crippen molar-refractivity contribution in [2.45, 2.75) is 76.7 Å². The molecule has 0 bridgehead atoms. The van der Waals surface area contributed by atoms with Gasteiger partial charge >= 0.3 is 6.09 Å². The Morgan fingerprint density at radius 2 is 1.20 bits per heavy atom. The lowest BCUT2D eigenvalue weighted by molar-refractivity contribution is -0.145. The molecule has 2 saturated carbocycles. The maximum absolute atomic E-state index is 12.4. The predicted molar refractivity (Wildman–Crippen MR) is 159 cm³/mol. The van der Waals surface area contributed by atoms with E-state index in [2.05, 4.69) is 41.7 Å². The second-order valence-electron chi connectivity index (χ2n) is 12.7. The summed E-state index contributed by atoms with van der Waals surface area (Å²) in [6.07, 6.45) is 4.64. The highest BCUT2D eigenvalue weighted by Gasteiger charge is 2.56. The first-order valence-corrected chi connectivity index (χ1v) is 14.5. The van der Waals surface area contributed by atoms with Gasteiger partial charge in [-0.2, -0.15) is 0 Å². The normalized spacial score (nSPS) is 24.6. The topological polar surface area (TPSA) is 75.7 Å². The van der Waals surface area contributed by atoms with E-state index in [1.165, 1.54) is 11.1 Å². The maximum atomic E-state index is 12.4. The van der Waals surface area contributed by atoms with Crippen molar-refractivity contribution in [1.29, 1.82) is 0 Å². The van der Waals surface area contributed by atoms with E-state index in [0.717, 1.165) is 45.2 Å². The molecule has 2 spiro atoms. The van der Waals surface area contributed by atoms with Crippen LogP contribution in [0, 0.1) is 10.8 Å².